The van der Waals surface area contributed by atoms with Crippen molar-refractivity contribution in [2.75, 3.05) is 54.0 Å². The number of carbonyl (C=O) groups is 2. The summed E-state index contributed by atoms with van der Waals surface area (Å²) in [5, 5.41) is 2.97. The van der Waals surface area contributed by atoms with Gasteiger partial charge >= 0.3 is 6.09 Å². The molecule has 0 aromatic carbocycles. The highest BCUT2D eigenvalue weighted by atomic mass is 35.5. The lowest BCUT2D eigenvalue weighted by Gasteiger charge is -2.35. The fourth-order valence-electron chi connectivity index (χ4n) is 3.49. The van der Waals surface area contributed by atoms with Gasteiger partial charge in [-0.3, -0.25) is 9.69 Å². The predicted octanol–water partition coefficient (Wildman–Crippen LogP) is 1.45. The number of rotatable bonds is 5. The highest BCUT2D eigenvalue weighted by Crippen LogP contribution is 2.26. The lowest BCUT2D eigenvalue weighted by molar-refractivity contribution is -0.119. The van der Waals surface area contributed by atoms with Crippen LogP contribution in [0.15, 0.2) is 24.5 Å². The smallest absolute Gasteiger partial charge is 0.414 e. The average Bonchev–Trinajstić information content (AvgIpc) is 3.13. The zero-order valence-corrected chi connectivity index (χ0v) is 17.5. The van der Waals surface area contributed by atoms with Crippen LogP contribution in [0.25, 0.3) is 0 Å². The van der Waals surface area contributed by atoms with Gasteiger partial charge in [-0.25, -0.2) is 24.1 Å². The second-order valence-electron chi connectivity index (χ2n) is 7.21. The molecule has 2 aliphatic heterocycles. The number of anilines is 3. The lowest BCUT2D eigenvalue weighted by atomic mass is 10.2. The molecule has 31 heavy (non-hydrogen) atoms. The molecule has 0 radical (unpaired) electrons. The SMILES string of the molecule is CC(=O)NC[C@H]1CN(c2cnc(N3CCN(c4nccc(Cl)n4)CC3)c(F)c2)C(=O)O1. The average molecular weight is 450 g/mol. The van der Waals surface area contributed by atoms with E-state index < -0.39 is 18.0 Å². The number of nitrogens with zero attached hydrogens (tertiary/aromatic N) is 6. The number of piperazine rings is 1. The molecule has 0 spiro atoms. The maximum Gasteiger partial charge on any atom is 0.414 e. The third-order valence-electron chi connectivity index (χ3n) is 5.04. The van der Waals surface area contributed by atoms with Gasteiger partial charge in [-0.1, -0.05) is 11.6 Å². The molecule has 10 nitrogen and oxygen atoms in total. The van der Waals surface area contributed by atoms with E-state index >= 15 is 0 Å². The molecule has 2 aliphatic rings. The molecule has 0 saturated carbocycles. The van der Waals surface area contributed by atoms with Crippen molar-refractivity contribution in [2.45, 2.75) is 13.0 Å². The standard InChI is InChI=1S/C19H21ClFN7O3/c1-12(29)23-10-14-11-28(19(30)31-14)13-8-15(21)17(24-9-13)26-4-6-27(7-5-26)18-22-3-2-16(20)25-18/h2-3,8-9,14H,4-7,10-11H2,1H3,(H,23,29)/t14-/m0/s1. The van der Waals surface area contributed by atoms with Crippen molar-refractivity contribution in [3.63, 3.8) is 0 Å². The Hall–Kier alpha value is -3.21. The van der Waals surface area contributed by atoms with Gasteiger partial charge in [-0.2, -0.15) is 0 Å². The topological polar surface area (TPSA) is 104 Å². The van der Waals surface area contributed by atoms with Gasteiger partial charge in [0.2, 0.25) is 11.9 Å². The van der Waals surface area contributed by atoms with Crippen LogP contribution in [-0.4, -0.2) is 72.3 Å². The maximum atomic E-state index is 14.8. The Morgan fingerprint density at radius 1 is 1.29 bits per heavy atom. The molecular formula is C19H21ClFN7O3. The molecule has 1 N–H and O–H groups in total. The van der Waals surface area contributed by atoms with E-state index in [1.807, 2.05) is 9.80 Å². The lowest BCUT2D eigenvalue weighted by Crippen LogP contribution is -2.47. The number of aromatic nitrogens is 3. The van der Waals surface area contributed by atoms with Gasteiger partial charge < -0.3 is 19.9 Å². The summed E-state index contributed by atoms with van der Waals surface area (Å²) in [6, 6.07) is 2.89. The van der Waals surface area contributed by atoms with Crippen LogP contribution >= 0.6 is 11.6 Å². The first-order chi connectivity index (χ1) is 14.9. The molecule has 2 saturated heterocycles. The molecule has 0 aliphatic carbocycles. The number of hydrogen-bond acceptors (Lipinski definition) is 8. The summed E-state index contributed by atoms with van der Waals surface area (Å²) in [7, 11) is 0. The van der Waals surface area contributed by atoms with Gasteiger partial charge in [0, 0.05) is 45.4 Å². The summed E-state index contributed by atoms with van der Waals surface area (Å²) in [6.07, 6.45) is 1.95. The number of halogens is 2. The van der Waals surface area contributed by atoms with E-state index in [1.165, 1.54) is 24.1 Å². The number of amides is 2. The van der Waals surface area contributed by atoms with Crippen molar-refractivity contribution in [3.05, 3.63) is 35.5 Å². The Balaban J connectivity index is 1.39. The fourth-order valence-corrected chi connectivity index (χ4v) is 3.63. The number of carbonyl (C=O) groups excluding carboxylic acids is 2. The van der Waals surface area contributed by atoms with Crippen LogP contribution in [0.2, 0.25) is 5.15 Å². The highest BCUT2D eigenvalue weighted by molar-refractivity contribution is 6.29. The number of nitrogens with one attached hydrogen (secondary N) is 1. The molecule has 2 fully saturated rings. The van der Waals surface area contributed by atoms with Crippen molar-refractivity contribution in [1.29, 1.82) is 0 Å². The number of pyridine rings is 1. The monoisotopic (exact) mass is 449 g/mol. The molecular weight excluding hydrogens is 429 g/mol. The van der Waals surface area contributed by atoms with Gasteiger partial charge in [0.1, 0.15) is 11.3 Å². The van der Waals surface area contributed by atoms with E-state index in [9.17, 15) is 14.0 Å². The van der Waals surface area contributed by atoms with Crippen molar-refractivity contribution in [2.24, 2.45) is 0 Å². The Morgan fingerprint density at radius 3 is 2.71 bits per heavy atom. The van der Waals surface area contributed by atoms with E-state index in [-0.39, 0.29) is 24.8 Å². The van der Waals surface area contributed by atoms with Crippen molar-refractivity contribution in [1.82, 2.24) is 20.3 Å². The molecule has 0 bridgehead atoms. The second-order valence-corrected chi connectivity index (χ2v) is 7.59. The van der Waals surface area contributed by atoms with Crippen LogP contribution in [0.3, 0.4) is 0 Å². The Kier molecular flexibility index (Phi) is 6.03. The Labute approximate surface area is 183 Å². The molecule has 1 atom stereocenters. The molecule has 4 heterocycles. The summed E-state index contributed by atoms with van der Waals surface area (Å²) in [5.74, 6) is 0.0201. The molecule has 12 heteroatoms. The molecule has 4 rings (SSSR count). The van der Waals surface area contributed by atoms with Gasteiger partial charge in [0.15, 0.2) is 11.6 Å². The van der Waals surface area contributed by atoms with Gasteiger partial charge in [-0.05, 0) is 6.07 Å². The quantitative estimate of drug-likeness (QED) is 0.684. The Bertz CT molecular complexity index is 987. The minimum Gasteiger partial charge on any atom is -0.442 e. The first kappa shape index (κ1) is 21.0. The minimum atomic E-state index is -0.598. The van der Waals surface area contributed by atoms with Crippen molar-refractivity contribution < 1.29 is 18.7 Å². The molecule has 2 amide bonds. The van der Waals surface area contributed by atoms with E-state index in [1.54, 1.807) is 12.3 Å². The zero-order chi connectivity index (χ0) is 22.0. The largest absolute Gasteiger partial charge is 0.442 e. The molecule has 2 aromatic heterocycles. The minimum absolute atomic E-state index is 0.201. The van der Waals surface area contributed by atoms with Crippen LogP contribution in [0.5, 0.6) is 0 Å². The predicted molar refractivity (Wildman–Crippen MR) is 112 cm³/mol. The highest BCUT2D eigenvalue weighted by Gasteiger charge is 2.33. The summed E-state index contributed by atoms with van der Waals surface area (Å²) in [6.45, 7) is 4.03. The van der Waals surface area contributed by atoms with E-state index in [0.29, 0.717) is 43.0 Å². The van der Waals surface area contributed by atoms with Crippen LogP contribution in [0, 0.1) is 5.82 Å². The van der Waals surface area contributed by atoms with Crippen LogP contribution in [0.1, 0.15) is 6.92 Å². The molecule has 2 aromatic rings. The number of hydrogen-bond donors (Lipinski definition) is 1. The summed E-state index contributed by atoms with van der Waals surface area (Å²) in [4.78, 5) is 41.0. The third-order valence-corrected chi connectivity index (χ3v) is 5.25. The van der Waals surface area contributed by atoms with Crippen LogP contribution in [-0.2, 0) is 9.53 Å². The fraction of sp³-hybridized carbons (Fsp3) is 0.421. The second kappa shape index (κ2) is 8.88. The summed E-state index contributed by atoms with van der Waals surface area (Å²) >= 11 is 5.93. The number of ether oxygens (including phenoxy) is 1. The van der Waals surface area contributed by atoms with Gasteiger partial charge in [0.25, 0.3) is 0 Å². The zero-order valence-electron chi connectivity index (χ0n) is 16.8. The maximum absolute atomic E-state index is 14.8. The van der Waals surface area contributed by atoms with Crippen molar-refractivity contribution >= 4 is 41.1 Å². The van der Waals surface area contributed by atoms with E-state index in [4.69, 9.17) is 16.3 Å². The molecule has 164 valence electrons. The van der Waals surface area contributed by atoms with Crippen molar-refractivity contribution in [3.8, 4) is 0 Å². The Morgan fingerprint density at radius 2 is 2.03 bits per heavy atom. The normalized spacial score (nSPS) is 18.9. The molecule has 0 unspecified atom stereocenters. The van der Waals surface area contributed by atoms with E-state index in [0.717, 1.165) is 0 Å². The first-order valence-electron chi connectivity index (χ1n) is 9.77. The summed E-state index contributed by atoms with van der Waals surface area (Å²) in [5.41, 5.74) is 0.308. The van der Waals surface area contributed by atoms with Crippen LogP contribution < -0.4 is 20.0 Å². The van der Waals surface area contributed by atoms with Gasteiger partial charge in [0.05, 0.1) is 25.0 Å². The van der Waals surface area contributed by atoms with Gasteiger partial charge in [-0.15, -0.1) is 0 Å². The number of cyclic esters (lactones) is 1. The summed E-state index contributed by atoms with van der Waals surface area (Å²) < 4.78 is 20.1. The third kappa shape index (κ3) is 4.76. The van der Waals surface area contributed by atoms with E-state index in [2.05, 4.69) is 20.3 Å². The van der Waals surface area contributed by atoms with Crippen LogP contribution in [0.4, 0.5) is 26.6 Å². The first-order valence-corrected chi connectivity index (χ1v) is 10.1.